The van der Waals surface area contributed by atoms with Gasteiger partial charge in [-0.05, 0) is 43.2 Å². The van der Waals surface area contributed by atoms with Crippen LogP contribution in [0, 0.1) is 19.7 Å². The zero-order valence-corrected chi connectivity index (χ0v) is 13.2. The summed E-state index contributed by atoms with van der Waals surface area (Å²) in [6, 6.07) is 10.5. The van der Waals surface area contributed by atoms with E-state index in [0.29, 0.717) is 12.1 Å². The van der Waals surface area contributed by atoms with Crippen LogP contribution in [0.2, 0.25) is 0 Å². The van der Waals surface area contributed by atoms with Gasteiger partial charge in [0.2, 0.25) is 0 Å². The number of rotatable bonds is 4. The van der Waals surface area contributed by atoms with Crippen LogP contribution in [-0.2, 0) is 0 Å². The Morgan fingerprint density at radius 2 is 1.80 bits per heavy atom. The molecule has 2 aromatic rings. The predicted octanol–water partition coefficient (Wildman–Crippen LogP) is 4.32. The van der Waals surface area contributed by atoms with E-state index < -0.39 is 0 Å². The number of benzene rings is 2. The van der Waals surface area contributed by atoms with Gasteiger partial charge in [0.15, 0.2) is 0 Å². The Labute approximate surface area is 127 Å². The monoisotopic (exact) mass is 336 g/mol. The van der Waals surface area contributed by atoms with Crippen molar-refractivity contribution in [2.45, 2.75) is 19.9 Å². The van der Waals surface area contributed by atoms with E-state index in [-0.39, 0.29) is 11.9 Å². The van der Waals surface area contributed by atoms with Crippen LogP contribution in [-0.4, -0.2) is 6.54 Å². The summed E-state index contributed by atoms with van der Waals surface area (Å²) in [5.74, 6) is -0.235. The van der Waals surface area contributed by atoms with Crippen LogP contribution in [0.25, 0.3) is 0 Å². The fraction of sp³-hybridized carbons (Fsp3) is 0.250. The number of nitrogens with two attached hydrogens (primary N) is 1. The molecule has 0 radical (unpaired) electrons. The maximum absolute atomic E-state index is 13.8. The molecule has 4 heteroatoms. The van der Waals surface area contributed by atoms with E-state index in [2.05, 4.69) is 21.2 Å². The molecule has 20 heavy (non-hydrogen) atoms. The summed E-state index contributed by atoms with van der Waals surface area (Å²) in [6.07, 6.45) is 0. The number of nitrogens with one attached hydrogen (secondary N) is 1. The molecule has 2 aromatic carbocycles. The van der Waals surface area contributed by atoms with Crippen molar-refractivity contribution in [2.24, 2.45) is 5.73 Å². The maximum atomic E-state index is 13.8. The third-order valence-corrected chi connectivity index (χ3v) is 4.54. The smallest absolute Gasteiger partial charge is 0.128 e. The van der Waals surface area contributed by atoms with Crippen LogP contribution < -0.4 is 11.1 Å². The molecular formula is C16H18BrFN2. The molecule has 0 spiro atoms. The molecule has 1 unspecified atom stereocenters. The number of hydrogen-bond acceptors (Lipinski definition) is 2. The van der Waals surface area contributed by atoms with Gasteiger partial charge in [-0.25, -0.2) is 4.39 Å². The first-order valence-electron chi connectivity index (χ1n) is 6.50. The van der Waals surface area contributed by atoms with Crippen LogP contribution in [0.4, 0.5) is 10.1 Å². The molecule has 0 bridgehead atoms. The topological polar surface area (TPSA) is 38.0 Å². The first-order chi connectivity index (χ1) is 9.52. The summed E-state index contributed by atoms with van der Waals surface area (Å²) in [7, 11) is 0. The van der Waals surface area contributed by atoms with Gasteiger partial charge in [-0.3, -0.25) is 0 Å². The largest absolute Gasteiger partial charge is 0.377 e. The van der Waals surface area contributed by atoms with Gasteiger partial charge in [-0.1, -0.05) is 34.1 Å². The number of hydrogen-bond donors (Lipinski definition) is 2. The molecule has 3 N–H and O–H groups in total. The fourth-order valence-electron chi connectivity index (χ4n) is 2.25. The lowest BCUT2D eigenvalue weighted by Crippen LogP contribution is -2.21. The van der Waals surface area contributed by atoms with Crippen LogP contribution in [0.5, 0.6) is 0 Å². The van der Waals surface area contributed by atoms with Crippen LogP contribution in [0.15, 0.2) is 40.9 Å². The second-order valence-corrected chi connectivity index (χ2v) is 5.67. The summed E-state index contributed by atoms with van der Waals surface area (Å²) in [5.41, 5.74) is 9.60. The van der Waals surface area contributed by atoms with E-state index in [1.807, 2.05) is 32.0 Å². The highest BCUT2D eigenvalue weighted by Gasteiger charge is 2.14. The highest BCUT2D eigenvalue weighted by atomic mass is 79.9. The SMILES string of the molecule is Cc1cc(NC(CN)c2ccccc2F)cc(C)c1Br. The van der Waals surface area contributed by atoms with Crippen molar-refractivity contribution in [2.75, 3.05) is 11.9 Å². The van der Waals surface area contributed by atoms with Gasteiger partial charge in [0.1, 0.15) is 5.82 Å². The highest BCUT2D eigenvalue weighted by Crippen LogP contribution is 2.28. The lowest BCUT2D eigenvalue weighted by atomic mass is 10.0. The Hall–Kier alpha value is -1.39. The fourth-order valence-corrected chi connectivity index (χ4v) is 2.48. The van der Waals surface area contributed by atoms with E-state index in [4.69, 9.17) is 5.73 Å². The van der Waals surface area contributed by atoms with Crippen molar-refractivity contribution < 1.29 is 4.39 Å². The highest BCUT2D eigenvalue weighted by molar-refractivity contribution is 9.10. The molecule has 0 amide bonds. The molecule has 0 aromatic heterocycles. The molecular weight excluding hydrogens is 319 g/mol. The number of aryl methyl sites for hydroxylation is 2. The molecule has 0 fully saturated rings. The van der Waals surface area contributed by atoms with Gasteiger partial charge in [0.25, 0.3) is 0 Å². The minimum Gasteiger partial charge on any atom is -0.377 e. The molecule has 0 heterocycles. The number of anilines is 1. The quantitative estimate of drug-likeness (QED) is 0.872. The summed E-state index contributed by atoms with van der Waals surface area (Å²) in [5, 5.41) is 3.31. The minimum atomic E-state index is -0.240. The van der Waals surface area contributed by atoms with Gasteiger partial charge in [-0.15, -0.1) is 0 Å². The summed E-state index contributed by atoms with van der Waals surface area (Å²) < 4.78 is 14.9. The normalized spacial score (nSPS) is 12.2. The van der Waals surface area contributed by atoms with Gasteiger partial charge in [0, 0.05) is 22.3 Å². The van der Waals surface area contributed by atoms with Crippen molar-refractivity contribution in [3.8, 4) is 0 Å². The first-order valence-corrected chi connectivity index (χ1v) is 7.30. The Bertz CT molecular complexity index is 590. The minimum absolute atomic E-state index is 0.235. The molecule has 0 saturated carbocycles. The van der Waals surface area contributed by atoms with Crippen LogP contribution in [0.3, 0.4) is 0 Å². The standard InChI is InChI=1S/C16H18BrFN2/c1-10-7-12(8-11(2)16(10)17)20-15(9-19)13-5-3-4-6-14(13)18/h3-8,15,20H,9,19H2,1-2H3. The molecule has 0 aliphatic heterocycles. The molecule has 1 atom stereocenters. The molecule has 106 valence electrons. The second-order valence-electron chi connectivity index (χ2n) is 4.88. The Morgan fingerprint density at radius 1 is 1.20 bits per heavy atom. The van der Waals surface area contributed by atoms with E-state index >= 15 is 0 Å². The number of halogens is 2. The summed E-state index contributed by atoms with van der Waals surface area (Å²) in [4.78, 5) is 0. The van der Waals surface area contributed by atoms with Crippen LogP contribution in [0.1, 0.15) is 22.7 Å². The van der Waals surface area contributed by atoms with Gasteiger partial charge >= 0.3 is 0 Å². The average Bonchev–Trinajstić information content (AvgIpc) is 2.43. The van der Waals surface area contributed by atoms with Crippen molar-refractivity contribution in [1.82, 2.24) is 0 Å². The first kappa shape index (κ1) is 15.0. The van der Waals surface area contributed by atoms with Gasteiger partial charge in [-0.2, -0.15) is 0 Å². The maximum Gasteiger partial charge on any atom is 0.128 e. The Morgan fingerprint density at radius 3 is 2.35 bits per heavy atom. The predicted molar refractivity (Wildman–Crippen MR) is 85.4 cm³/mol. The third kappa shape index (κ3) is 3.19. The summed E-state index contributed by atoms with van der Waals surface area (Å²) in [6.45, 7) is 4.39. The van der Waals surface area contributed by atoms with Crippen molar-refractivity contribution >= 4 is 21.6 Å². The molecule has 2 nitrogen and oxygen atoms in total. The van der Waals surface area contributed by atoms with Crippen molar-refractivity contribution in [3.05, 3.63) is 63.4 Å². The molecule has 0 aliphatic carbocycles. The molecule has 2 rings (SSSR count). The Balaban J connectivity index is 2.30. The van der Waals surface area contributed by atoms with E-state index in [1.54, 1.807) is 12.1 Å². The van der Waals surface area contributed by atoms with Gasteiger partial charge < -0.3 is 11.1 Å². The summed E-state index contributed by atoms with van der Waals surface area (Å²) >= 11 is 3.54. The lowest BCUT2D eigenvalue weighted by molar-refractivity contribution is 0.593. The van der Waals surface area contributed by atoms with Crippen molar-refractivity contribution in [1.29, 1.82) is 0 Å². The second kappa shape index (κ2) is 6.37. The lowest BCUT2D eigenvalue weighted by Gasteiger charge is -2.20. The molecule has 0 saturated heterocycles. The van der Waals surface area contributed by atoms with E-state index in [1.165, 1.54) is 6.07 Å². The third-order valence-electron chi connectivity index (χ3n) is 3.29. The molecule has 0 aliphatic rings. The zero-order valence-electron chi connectivity index (χ0n) is 11.6. The zero-order chi connectivity index (χ0) is 14.7. The van der Waals surface area contributed by atoms with E-state index in [0.717, 1.165) is 21.3 Å². The van der Waals surface area contributed by atoms with Gasteiger partial charge in [0.05, 0.1) is 6.04 Å². The van der Waals surface area contributed by atoms with E-state index in [9.17, 15) is 4.39 Å². The average molecular weight is 337 g/mol. The Kier molecular flexibility index (Phi) is 4.78. The van der Waals surface area contributed by atoms with Crippen molar-refractivity contribution in [3.63, 3.8) is 0 Å². The van der Waals surface area contributed by atoms with Crippen LogP contribution >= 0.6 is 15.9 Å².